The van der Waals surface area contributed by atoms with Crippen LogP contribution in [-0.2, 0) is 12.8 Å². The minimum atomic E-state index is 0.297. The summed E-state index contributed by atoms with van der Waals surface area (Å²) in [6.45, 7) is 11.2. The molecule has 1 aliphatic rings. The van der Waals surface area contributed by atoms with Crippen LogP contribution in [0.3, 0.4) is 0 Å². The number of halogens is 1. The summed E-state index contributed by atoms with van der Waals surface area (Å²) in [4.78, 5) is 6.18. The molecule has 0 saturated heterocycles. The summed E-state index contributed by atoms with van der Waals surface area (Å²) in [5.41, 5.74) is 6.92. The average Bonchev–Trinajstić information content (AvgIpc) is 3.22. The quantitative estimate of drug-likeness (QED) is 0.250. The maximum atomic E-state index is 9.84. The number of nitriles is 1. The van der Waals surface area contributed by atoms with Crippen molar-refractivity contribution in [2.45, 2.75) is 53.9 Å². The molecule has 1 atom stereocenters. The Labute approximate surface area is 203 Å². The second-order valence-electron chi connectivity index (χ2n) is 9.50. The van der Waals surface area contributed by atoms with Crippen molar-refractivity contribution in [3.63, 3.8) is 0 Å². The van der Waals surface area contributed by atoms with Crippen molar-refractivity contribution in [1.29, 1.82) is 5.26 Å². The molecule has 0 unspecified atom stereocenters. The highest BCUT2D eigenvalue weighted by Crippen LogP contribution is 2.44. The molecular formula is C26H28IN3S. The fraction of sp³-hybridized carbons (Fsp3) is 0.385. The molecule has 0 aliphatic heterocycles. The van der Waals surface area contributed by atoms with E-state index in [1.807, 2.05) is 6.21 Å². The molecule has 2 aromatic heterocycles. The molecular weight excluding hydrogens is 513 g/mol. The summed E-state index contributed by atoms with van der Waals surface area (Å²) >= 11 is 4.04. The maximum Gasteiger partial charge on any atom is 0.134 e. The van der Waals surface area contributed by atoms with E-state index in [4.69, 9.17) is 4.99 Å². The number of aliphatic imine (C=N–C) groups is 1. The molecule has 0 saturated carbocycles. The average molecular weight is 542 g/mol. The van der Waals surface area contributed by atoms with E-state index in [2.05, 4.69) is 98.2 Å². The summed E-state index contributed by atoms with van der Waals surface area (Å²) in [6, 6.07) is 13.2. The van der Waals surface area contributed by atoms with E-state index >= 15 is 0 Å². The van der Waals surface area contributed by atoms with Crippen molar-refractivity contribution in [3.8, 4) is 11.8 Å². The normalized spacial score (nSPS) is 16.5. The van der Waals surface area contributed by atoms with Gasteiger partial charge in [-0.25, -0.2) is 4.99 Å². The van der Waals surface area contributed by atoms with Gasteiger partial charge in [-0.15, -0.1) is 11.3 Å². The first-order valence-corrected chi connectivity index (χ1v) is 12.6. The number of rotatable bonds is 3. The van der Waals surface area contributed by atoms with Crippen molar-refractivity contribution in [2.24, 2.45) is 16.3 Å². The van der Waals surface area contributed by atoms with E-state index in [0.717, 1.165) is 46.8 Å². The lowest BCUT2D eigenvalue weighted by molar-refractivity contribution is 0.218. The molecule has 0 N–H and O–H groups in total. The van der Waals surface area contributed by atoms with Crippen LogP contribution in [0.2, 0.25) is 0 Å². The number of thiophene rings is 1. The fourth-order valence-corrected chi connectivity index (χ4v) is 6.13. The Morgan fingerprint density at radius 2 is 1.94 bits per heavy atom. The van der Waals surface area contributed by atoms with E-state index in [0.29, 0.717) is 11.3 Å². The minimum Gasteiger partial charge on any atom is -0.318 e. The Bertz CT molecular complexity index is 1180. The molecule has 5 heteroatoms. The molecule has 160 valence electrons. The minimum absolute atomic E-state index is 0.297. The third kappa shape index (κ3) is 4.38. The molecule has 0 radical (unpaired) electrons. The van der Waals surface area contributed by atoms with E-state index in [1.165, 1.54) is 19.7 Å². The molecule has 1 aromatic carbocycles. The van der Waals surface area contributed by atoms with Gasteiger partial charge < -0.3 is 4.57 Å². The number of aryl methyl sites for hydroxylation is 1. The van der Waals surface area contributed by atoms with Gasteiger partial charge in [0.15, 0.2) is 0 Å². The van der Waals surface area contributed by atoms with E-state index in [1.54, 1.807) is 11.3 Å². The summed E-state index contributed by atoms with van der Waals surface area (Å²) in [7, 11) is 0. The molecule has 2 heterocycles. The molecule has 0 spiro atoms. The fourth-order valence-electron chi connectivity index (χ4n) is 4.55. The molecule has 3 aromatic rings. The second kappa shape index (κ2) is 8.55. The Morgan fingerprint density at radius 3 is 2.58 bits per heavy atom. The number of hydrogen-bond donors (Lipinski definition) is 0. The Hall–Kier alpha value is -1.91. The van der Waals surface area contributed by atoms with E-state index in [-0.39, 0.29) is 0 Å². The highest BCUT2D eigenvalue weighted by molar-refractivity contribution is 14.1. The van der Waals surface area contributed by atoms with Gasteiger partial charge >= 0.3 is 0 Å². The molecule has 0 bridgehead atoms. The number of aromatic nitrogens is 1. The smallest absolute Gasteiger partial charge is 0.134 e. The van der Waals surface area contributed by atoms with Crippen LogP contribution in [-0.4, -0.2) is 10.8 Å². The molecule has 31 heavy (non-hydrogen) atoms. The van der Waals surface area contributed by atoms with Crippen molar-refractivity contribution < 1.29 is 0 Å². The number of fused-ring (bicyclic) bond motifs is 1. The Kier molecular flexibility index (Phi) is 6.15. The first-order valence-electron chi connectivity index (χ1n) is 10.7. The van der Waals surface area contributed by atoms with Crippen LogP contribution < -0.4 is 0 Å². The van der Waals surface area contributed by atoms with Crippen LogP contribution in [0.5, 0.6) is 0 Å². The van der Waals surface area contributed by atoms with Gasteiger partial charge in [0.1, 0.15) is 11.1 Å². The topological polar surface area (TPSA) is 41.1 Å². The van der Waals surface area contributed by atoms with Crippen molar-refractivity contribution in [1.82, 2.24) is 4.57 Å². The van der Waals surface area contributed by atoms with Gasteiger partial charge in [-0.2, -0.15) is 5.26 Å². The maximum absolute atomic E-state index is 9.84. The lowest BCUT2D eigenvalue weighted by Crippen LogP contribution is -2.26. The number of nitrogens with zero attached hydrogens (tertiary/aromatic N) is 3. The summed E-state index contributed by atoms with van der Waals surface area (Å²) < 4.78 is 3.49. The van der Waals surface area contributed by atoms with Gasteiger partial charge in [-0.1, -0.05) is 20.8 Å². The van der Waals surface area contributed by atoms with E-state index < -0.39 is 0 Å². The second-order valence-corrected chi connectivity index (χ2v) is 11.8. The monoisotopic (exact) mass is 541 g/mol. The molecule has 4 rings (SSSR count). The summed E-state index contributed by atoms with van der Waals surface area (Å²) in [5, 5.41) is 10.7. The van der Waals surface area contributed by atoms with Crippen LogP contribution in [0.25, 0.3) is 5.69 Å². The zero-order chi connectivity index (χ0) is 22.3. The molecule has 0 fully saturated rings. The number of hydrogen-bond acceptors (Lipinski definition) is 3. The third-order valence-corrected chi connectivity index (χ3v) is 8.34. The molecule has 3 nitrogen and oxygen atoms in total. The van der Waals surface area contributed by atoms with Gasteiger partial charge in [0.05, 0.1) is 5.56 Å². The third-order valence-electron chi connectivity index (χ3n) is 6.46. The van der Waals surface area contributed by atoms with Gasteiger partial charge in [-0.3, -0.25) is 0 Å². The summed E-state index contributed by atoms with van der Waals surface area (Å²) in [6.07, 6.45) is 5.15. The Balaban J connectivity index is 1.66. The van der Waals surface area contributed by atoms with Crippen LogP contribution in [0.1, 0.15) is 60.1 Å². The lowest BCUT2D eigenvalue weighted by Gasteiger charge is -2.33. The van der Waals surface area contributed by atoms with Gasteiger partial charge in [-0.05, 0) is 103 Å². The van der Waals surface area contributed by atoms with Crippen LogP contribution in [0, 0.1) is 40.1 Å². The van der Waals surface area contributed by atoms with Crippen LogP contribution >= 0.6 is 33.9 Å². The van der Waals surface area contributed by atoms with Crippen molar-refractivity contribution in [3.05, 3.63) is 66.9 Å². The SMILES string of the molecule is Cc1cc(C=Nc2sc3c(c2C#N)CC[C@@H](C(C)(C)C)C3)c(C)n1-c1ccc(I)cc1. The highest BCUT2D eigenvalue weighted by atomic mass is 127. The largest absolute Gasteiger partial charge is 0.318 e. The predicted molar refractivity (Wildman–Crippen MR) is 139 cm³/mol. The zero-order valence-corrected chi connectivity index (χ0v) is 21.8. The van der Waals surface area contributed by atoms with Gasteiger partial charge in [0.25, 0.3) is 0 Å². The van der Waals surface area contributed by atoms with E-state index in [9.17, 15) is 5.26 Å². The van der Waals surface area contributed by atoms with Crippen molar-refractivity contribution in [2.75, 3.05) is 0 Å². The summed E-state index contributed by atoms with van der Waals surface area (Å²) in [5.74, 6) is 0.662. The molecule has 0 amide bonds. The standard InChI is InChI=1S/C26H28IN3S/c1-16-12-18(17(2)30(16)21-9-7-20(27)8-10-21)15-29-25-23(14-28)22-11-6-19(26(3,4)5)13-24(22)31-25/h7-10,12,15,19H,6,11,13H2,1-5H3/t19-/m1/s1. The van der Waals surface area contributed by atoms with Crippen LogP contribution in [0.4, 0.5) is 5.00 Å². The molecule has 1 aliphatic carbocycles. The predicted octanol–water partition coefficient (Wildman–Crippen LogP) is 7.53. The van der Waals surface area contributed by atoms with Crippen molar-refractivity contribution >= 4 is 45.1 Å². The lowest BCUT2D eigenvalue weighted by atomic mass is 9.72. The first kappa shape index (κ1) is 22.3. The van der Waals surface area contributed by atoms with Gasteiger partial charge in [0, 0.05) is 37.3 Å². The number of benzene rings is 1. The zero-order valence-electron chi connectivity index (χ0n) is 18.8. The van der Waals surface area contributed by atoms with Gasteiger partial charge in [0.2, 0.25) is 0 Å². The Morgan fingerprint density at radius 1 is 1.23 bits per heavy atom. The highest BCUT2D eigenvalue weighted by Gasteiger charge is 2.32. The van der Waals surface area contributed by atoms with Crippen LogP contribution in [0.15, 0.2) is 35.3 Å². The first-order chi connectivity index (χ1) is 14.7.